The SMILES string of the molecule is CCCCOC[C@H](O)[C@H](OC(C)=O)c1ccccc1Cl. The Morgan fingerprint density at radius 3 is 2.70 bits per heavy atom. The summed E-state index contributed by atoms with van der Waals surface area (Å²) in [6.07, 6.45) is 0.184. The average Bonchev–Trinajstić information content (AvgIpc) is 2.41. The third-order valence-corrected chi connectivity index (χ3v) is 3.13. The van der Waals surface area contributed by atoms with Crippen LogP contribution in [0.4, 0.5) is 0 Å². The van der Waals surface area contributed by atoms with Crippen molar-refractivity contribution in [1.82, 2.24) is 0 Å². The molecule has 0 spiro atoms. The quantitative estimate of drug-likeness (QED) is 0.592. The van der Waals surface area contributed by atoms with Gasteiger partial charge < -0.3 is 14.6 Å². The monoisotopic (exact) mass is 300 g/mol. The number of unbranched alkanes of at least 4 members (excludes halogenated alkanes) is 1. The van der Waals surface area contributed by atoms with Gasteiger partial charge in [-0.2, -0.15) is 0 Å². The van der Waals surface area contributed by atoms with Gasteiger partial charge in [-0.15, -0.1) is 0 Å². The number of esters is 1. The smallest absolute Gasteiger partial charge is 0.303 e. The minimum Gasteiger partial charge on any atom is -0.455 e. The fourth-order valence-electron chi connectivity index (χ4n) is 1.77. The predicted molar refractivity (Wildman–Crippen MR) is 77.7 cm³/mol. The Kier molecular flexibility index (Phi) is 7.59. The van der Waals surface area contributed by atoms with Crippen LogP contribution in [0.5, 0.6) is 0 Å². The van der Waals surface area contributed by atoms with E-state index >= 15 is 0 Å². The number of carbonyl (C=O) groups is 1. The first-order valence-electron chi connectivity index (χ1n) is 6.73. The molecular weight excluding hydrogens is 280 g/mol. The van der Waals surface area contributed by atoms with E-state index < -0.39 is 18.2 Å². The van der Waals surface area contributed by atoms with Crippen LogP contribution in [0.15, 0.2) is 24.3 Å². The second-order valence-corrected chi connectivity index (χ2v) is 4.95. The van der Waals surface area contributed by atoms with E-state index in [0.717, 1.165) is 12.8 Å². The molecule has 0 amide bonds. The van der Waals surface area contributed by atoms with Crippen molar-refractivity contribution in [2.75, 3.05) is 13.2 Å². The highest BCUT2D eigenvalue weighted by molar-refractivity contribution is 6.31. The standard InChI is InChI=1S/C15H21ClO4/c1-3-4-9-19-10-14(18)15(20-11(2)17)12-7-5-6-8-13(12)16/h5-8,14-15,18H,3-4,9-10H2,1-2H3/t14-,15+/m0/s1. The highest BCUT2D eigenvalue weighted by atomic mass is 35.5. The minimum absolute atomic E-state index is 0.100. The number of halogens is 1. The third kappa shape index (κ3) is 5.49. The molecule has 0 aromatic heterocycles. The van der Waals surface area contributed by atoms with Crippen molar-refractivity contribution < 1.29 is 19.4 Å². The van der Waals surface area contributed by atoms with Gasteiger partial charge in [0.2, 0.25) is 0 Å². The average molecular weight is 301 g/mol. The van der Waals surface area contributed by atoms with Gasteiger partial charge >= 0.3 is 5.97 Å². The van der Waals surface area contributed by atoms with E-state index in [1.54, 1.807) is 24.3 Å². The first-order chi connectivity index (χ1) is 9.56. The summed E-state index contributed by atoms with van der Waals surface area (Å²) in [4.78, 5) is 11.2. The lowest BCUT2D eigenvalue weighted by Gasteiger charge is -2.23. The van der Waals surface area contributed by atoms with Gasteiger partial charge in [0, 0.05) is 24.1 Å². The molecule has 1 aromatic rings. The van der Waals surface area contributed by atoms with Gasteiger partial charge in [0.25, 0.3) is 0 Å². The van der Waals surface area contributed by atoms with E-state index in [9.17, 15) is 9.90 Å². The van der Waals surface area contributed by atoms with Crippen molar-refractivity contribution in [3.8, 4) is 0 Å². The summed E-state index contributed by atoms with van der Waals surface area (Å²) < 4.78 is 10.6. The molecule has 0 aliphatic carbocycles. The molecule has 20 heavy (non-hydrogen) atoms. The van der Waals surface area contributed by atoms with Crippen LogP contribution in [0.1, 0.15) is 38.4 Å². The summed E-state index contributed by atoms with van der Waals surface area (Å²) in [6.45, 7) is 4.03. The lowest BCUT2D eigenvalue weighted by atomic mass is 10.0. The van der Waals surface area contributed by atoms with Gasteiger partial charge in [-0.3, -0.25) is 4.79 Å². The van der Waals surface area contributed by atoms with Gasteiger partial charge in [0.1, 0.15) is 6.10 Å². The molecular formula is C15H21ClO4. The highest BCUT2D eigenvalue weighted by Gasteiger charge is 2.26. The first kappa shape index (κ1) is 17.0. The normalized spacial score (nSPS) is 13.8. The lowest BCUT2D eigenvalue weighted by molar-refractivity contribution is -0.155. The van der Waals surface area contributed by atoms with Crippen molar-refractivity contribution in [2.45, 2.75) is 38.9 Å². The third-order valence-electron chi connectivity index (χ3n) is 2.78. The molecule has 0 aliphatic heterocycles. The van der Waals surface area contributed by atoms with Crippen molar-refractivity contribution in [1.29, 1.82) is 0 Å². The van der Waals surface area contributed by atoms with Gasteiger partial charge in [-0.25, -0.2) is 0 Å². The summed E-state index contributed by atoms with van der Waals surface area (Å²) in [5.41, 5.74) is 0.580. The molecule has 5 heteroatoms. The van der Waals surface area contributed by atoms with E-state index in [1.807, 2.05) is 0 Å². The second-order valence-electron chi connectivity index (χ2n) is 4.55. The Labute approximate surface area is 124 Å². The Bertz CT molecular complexity index is 422. The number of ether oxygens (including phenoxy) is 2. The highest BCUT2D eigenvalue weighted by Crippen LogP contribution is 2.28. The van der Waals surface area contributed by atoms with Crippen molar-refractivity contribution in [3.05, 3.63) is 34.9 Å². The van der Waals surface area contributed by atoms with Crippen LogP contribution in [0.25, 0.3) is 0 Å². The van der Waals surface area contributed by atoms with Crippen LogP contribution in [0.2, 0.25) is 5.02 Å². The van der Waals surface area contributed by atoms with Gasteiger partial charge in [0.15, 0.2) is 6.10 Å². The van der Waals surface area contributed by atoms with E-state index in [-0.39, 0.29) is 6.61 Å². The van der Waals surface area contributed by atoms with Gasteiger partial charge in [-0.05, 0) is 12.5 Å². The van der Waals surface area contributed by atoms with Gasteiger partial charge in [-0.1, -0.05) is 43.1 Å². The number of hydrogen-bond donors (Lipinski definition) is 1. The lowest BCUT2D eigenvalue weighted by Crippen LogP contribution is -2.28. The molecule has 112 valence electrons. The Hall–Kier alpha value is -1.10. The van der Waals surface area contributed by atoms with Crippen molar-refractivity contribution >= 4 is 17.6 Å². The van der Waals surface area contributed by atoms with Crippen LogP contribution >= 0.6 is 11.6 Å². The molecule has 1 N–H and O–H groups in total. The molecule has 0 saturated heterocycles. The molecule has 0 unspecified atom stereocenters. The van der Waals surface area contributed by atoms with Crippen LogP contribution < -0.4 is 0 Å². The maximum atomic E-state index is 11.2. The van der Waals surface area contributed by atoms with E-state index in [1.165, 1.54) is 6.92 Å². The summed E-state index contributed by atoms with van der Waals surface area (Å²) in [6, 6.07) is 6.98. The molecule has 0 heterocycles. The molecule has 0 saturated carbocycles. The van der Waals surface area contributed by atoms with Crippen molar-refractivity contribution in [3.63, 3.8) is 0 Å². The summed E-state index contributed by atoms with van der Waals surface area (Å²) >= 11 is 6.09. The molecule has 1 aromatic carbocycles. The molecule has 0 radical (unpaired) electrons. The van der Waals surface area contributed by atoms with Crippen LogP contribution in [-0.4, -0.2) is 30.4 Å². The number of rotatable bonds is 8. The Balaban J connectivity index is 2.73. The summed E-state index contributed by atoms with van der Waals surface area (Å²) in [5.74, 6) is -0.470. The summed E-state index contributed by atoms with van der Waals surface area (Å²) in [5, 5.41) is 10.6. The van der Waals surface area contributed by atoms with E-state index in [2.05, 4.69) is 6.92 Å². The molecule has 4 nitrogen and oxygen atoms in total. The maximum absolute atomic E-state index is 11.2. The fraction of sp³-hybridized carbons (Fsp3) is 0.533. The van der Waals surface area contributed by atoms with Crippen LogP contribution in [0, 0.1) is 0 Å². The predicted octanol–water partition coefficient (Wildman–Crippen LogP) is 3.12. The molecule has 1 rings (SSSR count). The number of carbonyl (C=O) groups excluding carboxylic acids is 1. The largest absolute Gasteiger partial charge is 0.455 e. The van der Waals surface area contributed by atoms with Crippen LogP contribution in [0.3, 0.4) is 0 Å². The Morgan fingerprint density at radius 2 is 2.10 bits per heavy atom. The number of benzene rings is 1. The van der Waals surface area contributed by atoms with E-state index in [0.29, 0.717) is 17.2 Å². The zero-order valence-electron chi connectivity index (χ0n) is 11.8. The minimum atomic E-state index is -0.948. The van der Waals surface area contributed by atoms with E-state index in [4.69, 9.17) is 21.1 Å². The van der Waals surface area contributed by atoms with Crippen molar-refractivity contribution in [2.24, 2.45) is 0 Å². The zero-order valence-corrected chi connectivity index (χ0v) is 12.6. The number of aliphatic hydroxyl groups is 1. The molecule has 0 fully saturated rings. The Morgan fingerprint density at radius 1 is 1.40 bits per heavy atom. The number of aliphatic hydroxyl groups excluding tert-OH is 1. The van der Waals surface area contributed by atoms with Gasteiger partial charge in [0.05, 0.1) is 6.61 Å². The maximum Gasteiger partial charge on any atom is 0.303 e. The van der Waals surface area contributed by atoms with Crippen LogP contribution in [-0.2, 0) is 14.3 Å². The fourth-order valence-corrected chi connectivity index (χ4v) is 2.02. The summed E-state index contributed by atoms with van der Waals surface area (Å²) in [7, 11) is 0. The first-order valence-corrected chi connectivity index (χ1v) is 7.11. The second kappa shape index (κ2) is 8.95. The number of hydrogen-bond acceptors (Lipinski definition) is 4. The molecule has 0 bridgehead atoms. The molecule has 0 aliphatic rings. The molecule has 2 atom stereocenters. The topological polar surface area (TPSA) is 55.8 Å². The zero-order chi connectivity index (χ0) is 15.0.